The van der Waals surface area contributed by atoms with Crippen molar-refractivity contribution in [2.75, 3.05) is 5.32 Å². The van der Waals surface area contributed by atoms with E-state index in [1.165, 1.54) is 23.5 Å². The second kappa shape index (κ2) is 7.90. The molecule has 0 fully saturated rings. The van der Waals surface area contributed by atoms with E-state index in [0.29, 0.717) is 10.7 Å². The molecule has 0 aliphatic carbocycles. The van der Waals surface area contributed by atoms with Gasteiger partial charge in [-0.05, 0) is 54.4 Å². The van der Waals surface area contributed by atoms with Gasteiger partial charge in [-0.3, -0.25) is 15.1 Å². The van der Waals surface area contributed by atoms with Crippen LogP contribution in [0.25, 0.3) is 21.1 Å². The molecule has 2 aromatic heterocycles. The molecule has 7 nitrogen and oxygen atoms in total. The molecule has 0 saturated heterocycles. The van der Waals surface area contributed by atoms with Gasteiger partial charge in [-0.1, -0.05) is 29.5 Å². The van der Waals surface area contributed by atoms with E-state index in [-0.39, 0.29) is 11.4 Å². The molecule has 0 aliphatic heterocycles. The molecular weight excluding hydrogens is 424 g/mol. The monoisotopic (exact) mass is 442 g/mol. The minimum atomic E-state index is -0.496. The zero-order chi connectivity index (χ0) is 22.2. The third kappa shape index (κ3) is 3.50. The van der Waals surface area contributed by atoms with Crippen molar-refractivity contribution in [3.05, 3.63) is 99.7 Å². The molecule has 5 rings (SSSR count). The number of nitro benzene ring substituents is 1. The minimum Gasteiger partial charge on any atom is -0.508 e. The van der Waals surface area contributed by atoms with Gasteiger partial charge in [-0.15, -0.1) is 0 Å². The highest BCUT2D eigenvalue weighted by Crippen LogP contribution is 2.39. The number of aromatic nitrogens is 2. The van der Waals surface area contributed by atoms with E-state index in [1.54, 1.807) is 30.5 Å². The first-order valence-corrected chi connectivity index (χ1v) is 10.8. The van der Waals surface area contributed by atoms with Crippen LogP contribution in [-0.4, -0.2) is 20.0 Å². The van der Waals surface area contributed by atoms with Crippen molar-refractivity contribution in [3.63, 3.8) is 0 Å². The molecule has 5 aromatic rings. The van der Waals surface area contributed by atoms with Gasteiger partial charge in [-0.2, -0.15) is 0 Å². The van der Waals surface area contributed by atoms with Gasteiger partial charge in [0, 0.05) is 29.3 Å². The zero-order valence-corrected chi connectivity index (χ0v) is 17.8. The topological polar surface area (TPSA) is 101 Å². The Morgan fingerprint density at radius 3 is 2.62 bits per heavy atom. The van der Waals surface area contributed by atoms with Gasteiger partial charge in [0.25, 0.3) is 5.69 Å². The van der Waals surface area contributed by atoms with E-state index in [9.17, 15) is 15.2 Å². The number of phenols is 1. The Morgan fingerprint density at radius 2 is 1.88 bits per heavy atom. The number of non-ortho nitro benzene ring substituents is 1. The smallest absolute Gasteiger partial charge is 0.269 e. The molecule has 3 aromatic carbocycles. The van der Waals surface area contributed by atoms with Gasteiger partial charge < -0.3 is 10.4 Å². The molecule has 158 valence electrons. The number of pyridine rings is 1. The van der Waals surface area contributed by atoms with Crippen molar-refractivity contribution in [1.29, 1.82) is 0 Å². The van der Waals surface area contributed by atoms with Crippen LogP contribution in [0.1, 0.15) is 22.7 Å². The fraction of sp³-hybridized carbons (Fsp3) is 0.0833. The van der Waals surface area contributed by atoms with Gasteiger partial charge in [0.05, 0.1) is 26.7 Å². The van der Waals surface area contributed by atoms with Crippen molar-refractivity contribution in [3.8, 4) is 5.75 Å². The van der Waals surface area contributed by atoms with E-state index in [1.807, 2.05) is 37.3 Å². The second-order valence-corrected chi connectivity index (χ2v) is 8.47. The average Bonchev–Trinajstić information content (AvgIpc) is 3.22. The number of rotatable bonds is 5. The summed E-state index contributed by atoms with van der Waals surface area (Å²) in [7, 11) is 0. The minimum absolute atomic E-state index is 0.00641. The van der Waals surface area contributed by atoms with Crippen molar-refractivity contribution in [2.45, 2.75) is 13.0 Å². The highest BCUT2D eigenvalue weighted by Gasteiger charge is 2.23. The Bertz CT molecular complexity index is 1460. The zero-order valence-electron chi connectivity index (χ0n) is 17.0. The summed E-state index contributed by atoms with van der Waals surface area (Å²) < 4.78 is 1.05. The molecule has 0 aliphatic rings. The number of fused-ring (bicyclic) bond motifs is 2. The first kappa shape index (κ1) is 19.9. The summed E-state index contributed by atoms with van der Waals surface area (Å²) in [6.07, 6.45) is 1.70. The predicted octanol–water partition coefficient (Wildman–Crippen LogP) is 5.97. The maximum atomic E-state index is 11.1. The molecule has 2 heterocycles. The number of hydrogen-bond acceptors (Lipinski definition) is 7. The number of benzene rings is 3. The lowest BCUT2D eigenvalue weighted by molar-refractivity contribution is -0.384. The highest BCUT2D eigenvalue weighted by molar-refractivity contribution is 7.22. The summed E-state index contributed by atoms with van der Waals surface area (Å²) in [5.41, 5.74) is 4.15. The fourth-order valence-electron chi connectivity index (χ4n) is 3.85. The van der Waals surface area contributed by atoms with Gasteiger partial charge in [0.1, 0.15) is 5.75 Å². The van der Waals surface area contributed by atoms with Crippen LogP contribution < -0.4 is 5.32 Å². The highest BCUT2D eigenvalue weighted by atomic mass is 32.1. The van der Waals surface area contributed by atoms with E-state index < -0.39 is 11.0 Å². The van der Waals surface area contributed by atoms with Crippen LogP contribution in [0.5, 0.6) is 5.75 Å². The van der Waals surface area contributed by atoms with Crippen LogP contribution in [-0.2, 0) is 0 Å². The van der Waals surface area contributed by atoms with E-state index in [4.69, 9.17) is 4.98 Å². The summed E-state index contributed by atoms with van der Waals surface area (Å²) in [4.78, 5) is 19.9. The number of hydrogen-bond donors (Lipinski definition) is 2. The standard InChI is InChI=1S/C24H18N4O3S/c1-14-4-2-6-20-22(14)26-24(32-20)27-23(15-7-9-16(10-8-15)28(30)31)21-17-5-3-13-25-18(17)11-12-19(21)29/h2-13,23,29H,1H3,(H,26,27). The molecule has 1 unspecified atom stereocenters. The third-order valence-electron chi connectivity index (χ3n) is 5.42. The molecule has 0 saturated carbocycles. The number of nitro groups is 1. The summed E-state index contributed by atoms with van der Waals surface area (Å²) in [6, 6.07) is 19.0. The van der Waals surface area contributed by atoms with Gasteiger partial charge in [0.2, 0.25) is 0 Å². The molecule has 1 atom stereocenters. The maximum Gasteiger partial charge on any atom is 0.269 e. The van der Waals surface area contributed by atoms with Crippen molar-refractivity contribution < 1.29 is 10.0 Å². The van der Waals surface area contributed by atoms with Crippen molar-refractivity contribution in [2.24, 2.45) is 0 Å². The largest absolute Gasteiger partial charge is 0.508 e. The Morgan fingerprint density at radius 1 is 1.06 bits per heavy atom. The average molecular weight is 443 g/mol. The number of nitrogens with one attached hydrogen (secondary N) is 1. The van der Waals surface area contributed by atoms with Crippen LogP contribution in [0.15, 0.2) is 72.9 Å². The van der Waals surface area contributed by atoms with Crippen LogP contribution >= 0.6 is 11.3 Å². The molecule has 0 amide bonds. The van der Waals surface area contributed by atoms with Crippen molar-refractivity contribution in [1.82, 2.24) is 9.97 Å². The number of aryl methyl sites for hydroxylation is 1. The Balaban J connectivity index is 1.68. The van der Waals surface area contributed by atoms with Gasteiger partial charge >= 0.3 is 0 Å². The summed E-state index contributed by atoms with van der Waals surface area (Å²) in [5, 5.41) is 26.9. The van der Waals surface area contributed by atoms with Crippen LogP contribution in [0, 0.1) is 17.0 Å². The number of nitrogens with zero attached hydrogens (tertiary/aromatic N) is 3. The maximum absolute atomic E-state index is 11.1. The number of aromatic hydroxyl groups is 1. The lowest BCUT2D eigenvalue weighted by Gasteiger charge is -2.22. The van der Waals surface area contributed by atoms with Crippen LogP contribution in [0.3, 0.4) is 0 Å². The molecule has 2 N–H and O–H groups in total. The predicted molar refractivity (Wildman–Crippen MR) is 126 cm³/mol. The molecular formula is C24H18N4O3S. The Hall–Kier alpha value is -4.04. The summed E-state index contributed by atoms with van der Waals surface area (Å²) in [5.74, 6) is 0.110. The number of phenolic OH excluding ortho intramolecular Hbond substituents is 1. The van der Waals surface area contributed by atoms with E-state index in [2.05, 4.69) is 10.3 Å². The van der Waals surface area contributed by atoms with Crippen LogP contribution in [0.4, 0.5) is 10.8 Å². The van der Waals surface area contributed by atoms with Gasteiger partial charge in [-0.25, -0.2) is 4.98 Å². The Labute approximate surface area is 187 Å². The van der Waals surface area contributed by atoms with Crippen LogP contribution in [0.2, 0.25) is 0 Å². The molecule has 32 heavy (non-hydrogen) atoms. The normalized spacial score (nSPS) is 12.2. The lowest BCUT2D eigenvalue weighted by Crippen LogP contribution is -2.13. The van der Waals surface area contributed by atoms with Gasteiger partial charge in [0.15, 0.2) is 5.13 Å². The SMILES string of the molecule is Cc1cccc2sc(NC(c3ccc([N+](=O)[O-])cc3)c3c(O)ccc4ncccc34)nc12. The quantitative estimate of drug-likeness (QED) is 0.257. The third-order valence-corrected chi connectivity index (χ3v) is 6.37. The lowest BCUT2D eigenvalue weighted by atomic mass is 9.94. The summed E-state index contributed by atoms with van der Waals surface area (Å²) in [6.45, 7) is 2.02. The first-order chi connectivity index (χ1) is 15.5. The fourth-order valence-corrected chi connectivity index (χ4v) is 4.82. The Kier molecular flexibility index (Phi) is 4.91. The molecule has 0 radical (unpaired) electrons. The number of anilines is 1. The van der Waals surface area contributed by atoms with E-state index >= 15 is 0 Å². The molecule has 8 heteroatoms. The number of para-hydroxylation sites is 1. The second-order valence-electron chi connectivity index (χ2n) is 7.44. The van der Waals surface area contributed by atoms with E-state index in [0.717, 1.165) is 32.2 Å². The first-order valence-electron chi connectivity index (χ1n) is 9.95. The van der Waals surface area contributed by atoms with Crippen molar-refractivity contribution >= 4 is 43.3 Å². The molecule has 0 spiro atoms. The molecule has 0 bridgehead atoms. The number of thiazole rings is 1. The summed E-state index contributed by atoms with van der Waals surface area (Å²) >= 11 is 1.52.